The standard InChI is InChI=1S/C25H29N3OS2/c1-15-10-16(2)22(17(3)11-15)25(4)12-18(13-25)21-14-31-24(27-21)28-23(30)26-19-6-8-20(29-5)9-7-19/h6-11,14,18H,12-13H2,1-5H3,(H2,26,27,28,30). The quantitative estimate of drug-likeness (QED) is 0.422. The van der Waals surface area contributed by atoms with Crippen molar-refractivity contribution in [2.45, 2.75) is 51.9 Å². The highest BCUT2D eigenvalue weighted by Gasteiger charge is 2.44. The molecule has 1 saturated carbocycles. The van der Waals surface area contributed by atoms with E-state index < -0.39 is 0 Å². The van der Waals surface area contributed by atoms with E-state index in [-0.39, 0.29) is 5.41 Å². The number of aryl methyl sites for hydroxylation is 3. The number of ether oxygens (including phenoxy) is 1. The zero-order chi connectivity index (χ0) is 22.2. The number of thiazole rings is 1. The zero-order valence-corrected chi connectivity index (χ0v) is 20.3. The van der Waals surface area contributed by atoms with Crippen LogP contribution in [-0.4, -0.2) is 17.2 Å². The smallest absolute Gasteiger partial charge is 0.189 e. The van der Waals surface area contributed by atoms with E-state index >= 15 is 0 Å². The number of hydrogen-bond acceptors (Lipinski definition) is 4. The first-order valence-corrected chi connectivity index (χ1v) is 11.8. The Hall–Kier alpha value is -2.44. The third-order valence-electron chi connectivity index (χ3n) is 6.18. The van der Waals surface area contributed by atoms with Gasteiger partial charge in [0.2, 0.25) is 0 Å². The Labute approximate surface area is 194 Å². The Kier molecular flexibility index (Phi) is 6.04. The van der Waals surface area contributed by atoms with Crippen molar-refractivity contribution < 1.29 is 4.74 Å². The van der Waals surface area contributed by atoms with E-state index in [1.807, 2.05) is 24.3 Å². The molecule has 31 heavy (non-hydrogen) atoms. The first-order chi connectivity index (χ1) is 14.8. The van der Waals surface area contributed by atoms with E-state index in [1.54, 1.807) is 18.4 Å². The summed E-state index contributed by atoms with van der Waals surface area (Å²) in [5.74, 6) is 1.32. The second kappa shape index (κ2) is 8.60. The van der Waals surface area contributed by atoms with Gasteiger partial charge in [0, 0.05) is 17.0 Å². The van der Waals surface area contributed by atoms with Crippen LogP contribution in [0.5, 0.6) is 5.75 Å². The molecule has 0 unspecified atom stereocenters. The summed E-state index contributed by atoms with van der Waals surface area (Å²) < 4.78 is 5.19. The minimum atomic E-state index is 0.231. The summed E-state index contributed by atoms with van der Waals surface area (Å²) in [6.45, 7) is 9.06. The molecule has 0 radical (unpaired) electrons. The summed E-state index contributed by atoms with van der Waals surface area (Å²) in [6.07, 6.45) is 2.27. The van der Waals surface area contributed by atoms with Gasteiger partial charge in [-0.1, -0.05) is 24.6 Å². The molecule has 1 aliphatic rings. The van der Waals surface area contributed by atoms with Crippen LogP contribution in [0.1, 0.15) is 53.6 Å². The summed E-state index contributed by atoms with van der Waals surface area (Å²) in [4.78, 5) is 4.82. The summed E-state index contributed by atoms with van der Waals surface area (Å²) in [5.41, 5.74) is 7.99. The van der Waals surface area contributed by atoms with Crippen molar-refractivity contribution >= 4 is 39.5 Å². The molecule has 2 N–H and O–H groups in total. The number of anilines is 2. The fourth-order valence-electron chi connectivity index (χ4n) is 5.04. The minimum Gasteiger partial charge on any atom is -0.497 e. The lowest BCUT2D eigenvalue weighted by molar-refractivity contribution is 0.220. The lowest BCUT2D eigenvalue weighted by atomic mass is 9.57. The van der Waals surface area contributed by atoms with Gasteiger partial charge in [0.05, 0.1) is 12.8 Å². The number of methoxy groups -OCH3 is 1. The number of benzene rings is 2. The molecule has 3 aromatic rings. The first kappa shape index (κ1) is 21.8. The summed E-state index contributed by atoms with van der Waals surface area (Å²) in [6, 6.07) is 12.3. The number of hydrogen-bond donors (Lipinski definition) is 2. The molecule has 6 heteroatoms. The topological polar surface area (TPSA) is 46.2 Å². The van der Waals surface area contributed by atoms with Gasteiger partial charge in [-0.3, -0.25) is 0 Å². The molecular weight excluding hydrogens is 422 g/mol. The fraction of sp³-hybridized carbons (Fsp3) is 0.360. The second-order valence-corrected chi connectivity index (χ2v) is 10.1. The second-order valence-electron chi connectivity index (χ2n) is 8.82. The van der Waals surface area contributed by atoms with E-state index in [0.717, 1.165) is 29.4 Å². The van der Waals surface area contributed by atoms with Crippen LogP contribution in [0, 0.1) is 20.8 Å². The maximum atomic E-state index is 5.45. The highest BCUT2D eigenvalue weighted by atomic mass is 32.1. The predicted molar refractivity (Wildman–Crippen MR) is 135 cm³/mol. The van der Waals surface area contributed by atoms with Gasteiger partial charge < -0.3 is 15.4 Å². The van der Waals surface area contributed by atoms with Crippen LogP contribution in [0.2, 0.25) is 0 Å². The van der Waals surface area contributed by atoms with Crippen LogP contribution >= 0.6 is 23.6 Å². The molecule has 4 nitrogen and oxygen atoms in total. The molecule has 0 atom stereocenters. The average Bonchev–Trinajstić information content (AvgIpc) is 3.13. The molecule has 0 saturated heterocycles. The monoisotopic (exact) mass is 451 g/mol. The molecule has 1 aliphatic carbocycles. The Bertz CT molecular complexity index is 1080. The largest absolute Gasteiger partial charge is 0.497 e. The van der Waals surface area contributed by atoms with E-state index in [1.165, 1.54) is 27.9 Å². The summed E-state index contributed by atoms with van der Waals surface area (Å²) in [5, 5.41) is 9.94. The van der Waals surface area contributed by atoms with Gasteiger partial charge in [-0.05, 0) is 92.2 Å². The Morgan fingerprint density at radius 3 is 2.35 bits per heavy atom. The Balaban J connectivity index is 1.37. The summed E-state index contributed by atoms with van der Waals surface area (Å²) >= 11 is 7.06. The molecule has 1 fully saturated rings. The maximum Gasteiger partial charge on any atom is 0.189 e. The van der Waals surface area contributed by atoms with Crippen LogP contribution in [0.25, 0.3) is 0 Å². The number of thiocarbonyl (C=S) groups is 1. The molecule has 2 aromatic carbocycles. The lowest BCUT2D eigenvalue weighted by Gasteiger charge is -2.47. The van der Waals surface area contributed by atoms with Gasteiger partial charge >= 0.3 is 0 Å². The van der Waals surface area contributed by atoms with Crippen molar-refractivity contribution in [2.24, 2.45) is 0 Å². The number of aromatic nitrogens is 1. The molecule has 0 amide bonds. The van der Waals surface area contributed by atoms with E-state index in [9.17, 15) is 0 Å². The predicted octanol–water partition coefficient (Wildman–Crippen LogP) is 6.72. The van der Waals surface area contributed by atoms with Gasteiger partial charge in [0.25, 0.3) is 0 Å². The third-order valence-corrected chi connectivity index (χ3v) is 7.16. The van der Waals surface area contributed by atoms with Crippen LogP contribution in [0.4, 0.5) is 10.8 Å². The minimum absolute atomic E-state index is 0.231. The molecule has 0 bridgehead atoms. The van der Waals surface area contributed by atoms with Crippen molar-refractivity contribution in [1.29, 1.82) is 0 Å². The van der Waals surface area contributed by atoms with Crippen molar-refractivity contribution in [3.05, 3.63) is 69.7 Å². The van der Waals surface area contributed by atoms with Gasteiger partial charge in [-0.2, -0.15) is 0 Å². The molecule has 4 rings (SSSR count). The zero-order valence-electron chi connectivity index (χ0n) is 18.7. The molecular formula is C25H29N3OS2. The fourth-order valence-corrected chi connectivity index (χ4v) is 6.11. The third kappa shape index (κ3) is 4.60. The highest BCUT2D eigenvalue weighted by molar-refractivity contribution is 7.80. The maximum absolute atomic E-state index is 5.45. The van der Waals surface area contributed by atoms with E-state index in [4.69, 9.17) is 21.9 Å². The Morgan fingerprint density at radius 1 is 1.10 bits per heavy atom. The number of nitrogens with one attached hydrogen (secondary N) is 2. The number of rotatable bonds is 5. The average molecular weight is 452 g/mol. The molecule has 1 heterocycles. The molecule has 1 aromatic heterocycles. The van der Waals surface area contributed by atoms with Crippen LogP contribution in [-0.2, 0) is 5.41 Å². The molecule has 0 spiro atoms. The Morgan fingerprint density at radius 2 is 1.74 bits per heavy atom. The van der Waals surface area contributed by atoms with Crippen molar-refractivity contribution in [2.75, 3.05) is 17.7 Å². The van der Waals surface area contributed by atoms with Crippen molar-refractivity contribution in [1.82, 2.24) is 4.98 Å². The van der Waals surface area contributed by atoms with Crippen LogP contribution in [0.15, 0.2) is 41.8 Å². The van der Waals surface area contributed by atoms with Gasteiger partial charge in [-0.25, -0.2) is 4.98 Å². The van der Waals surface area contributed by atoms with Crippen molar-refractivity contribution in [3.8, 4) is 5.75 Å². The normalized spacial score (nSPS) is 20.1. The van der Waals surface area contributed by atoms with E-state index in [0.29, 0.717) is 11.0 Å². The summed E-state index contributed by atoms with van der Waals surface area (Å²) in [7, 11) is 1.66. The van der Waals surface area contributed by atoms with Crippen molar-refractivity contribution in [3.63, 3.8) is 0 Å². The van der Waals surface area contributed by atoms with E-state index in [2.05, 4.69) is 55.8 Å². The van der Waals surface area contributed by atoms with Crippen LogP contribution in [0.3, 0.4) is 0 Å². The molecule has 162 valence electrons. The van der Waals surface area contributed by atoms with Gasteiger partial charge in [-0.15, -0.1) is 11.3 Å². The number of nitrogens with zero attached hydrogens (tertiary/aromatic N) is 1. The SMILES string of the molecule is COc1ccc(NC(=S)Nc2nc(C3CC(C)(c4c(C)cc(C)cc4C)C3)cs2)cc1. The highest BCUT2D eigenvalue weighted by Crippen LogP contribution is 2.54. The lowest BCUT2D eigenvalue weighted by Crippen LogP contribution is -2.38. The van der Waals surface area contributed by atoms with Gasteiger partial charge in [0.1, 0.15) is 5.75 Å². The molecule has 0 aliphatic heterocycles. The van der Waals surface area contributed by atoms with Gasteiger partial charge in [0.15, 0.2) is 10.2 Å². The van der Waals surface area contributed by atoms with Crippen LogP contribution < -0.4 is 15.4 Å². The first-order valence-electron chi connectivity index (χ1n) is 10.5.